The number of carbonyl (C=O) groups excluding carboxylic acids is 2. The average Bonchev–Trinajstić information content (AvgIpc) is 2.46. The van der Waals surface area contributed by atoms with E-state index in [0.29, 0.717) is 5.56 Å². The van der Waals surface area contributed by atoms with Gasteiger partial charge in [-0.15, -0.1) is 0 Å². The zero-order chi connectivity index (χ0) is 18.3. The summed E-state index contributed by atoms with van der Waals surface area (Å²) in [6.45, 7) is 7.06. The van der Waals surface area contributed by atoms with Gasteiger partial charge in [0.05, 0.1) is 19.1 Å². The lowest BCUT2D eigenvalue weighted by Gasteiger charge is -2.30. The topological polar surface area (TPSA) is 98.8 Å². The second kappa shape index (κ2) is 8.80. The van der Waals surface area contributed by atoms with Gasteiger partial charge in [-0.05, 0) is 33.3 Å². The third-order valence-electron chi connectivity index (χ3n) is 3.35. The molecule has 3 unspecified atom stereocenters. The molecule has 134 valence electrons. The number of hydrogen-bond acceptors (Lipinski definition) is 6. The number of aliphatic hydroxyl groups is 1. The van der Waals surface area contributed by atoms with Crippen LogP contribution in [0.2, 0.25) is 0 Å². The normalized spacial score (nSPS) is 15.2. The van der Waals surface area contributed by atoms with Gasteiger partial charge in [-0.25, -0.2) is 0 Å². The van der Waals surface area contributed by atoms with Crippen LogP contribution < -0.4 is 5.73 Å². The highest BCUT2D eigenvalue weighted by atomic mass is 16.6. The summed E-state index contributed by atoms with van der Waals surface area (Å²) in [5.74, 6) is -2.30. The summed E-state index contributed by atoms with van der Waals surface area (Å²) >= 11 is 0. The van der Waals surface area contributed by atoms with E-state index in [4.69, 9.17) is 15.2 Å². The average molecular weight is 337 g/mol. The third kappa shape index (κ3) is 6.29. The van der Waals surface area contributed by atoms with Crippen LogP contribution in [0.5, 0.6) is 0 Å². The van der Waals surface area contributed by atoms with E-state index in [1.807, 2.05) is 6.07 Å². The molecule has 6 nitrogen and oxygen atoms in total. The minimum absolute atomic E-state index is 0.202. The maximum Gasteiger partial charge on any atom is 0.314 e. The van der Waals surface area contributed by atoms with E-state index < -0.39 is 35.6 Å². The second-order valence-electron chi connectivity index (χ2n) is 6.57. The highest BCUT2D eigenvalue weighted by Crippen LogP contribution is 2.27. The second-order valence-corrected chi connectivity index (χ2v) is 6.57. The summed E-state index contributed by atoms with van der Waals surface area (Å²) in [4.78, 5) is 24.2. The van der Waals surface area contributed by atoms with Crippen LogP contribution in [0.25, 0.3) is 0 Å². The highest BCUT2D eigenvalue weighted by Gasteiger charge is 2.38. The van der Waals surface area contributed by atoms with Crippen LogP contribution in [-0.2, 0) is 19.1 Å². The number of nitrogens with two attached hydrogens (primary N) is 1. The molecule has 3 atom stereocenters. The van der Waals surface area contributed by atoms with Crippen molar-refractivity contribution in [3.63, 3.8) is 0 Å². The van der Waals surface area contributed by atoms with Gasteiger partial charge in [0.2, 0.25) is 0 Å². The van der Waals surface area contributed by atoms with Crippen LogP contribution in [0.3, 0.4) is 0 Å². The van der Waals surface area contributed by atoms with Crippen LogP contribution in [0.1, 0.15) is 45.7 Å². The van der Waals surface area contributed by atoms with Crippen LogP contribution in [-0.4, -0.2) is 35.4 Å². The zero-order valence-corrected chi connectivity index (χ0v) is 14.7. The van der Waals surface area contributed by atoms with Crippen molar-refractivity contribution in [3.8, 4) is 0 Å². The number of aliphatic hydroxyl groups excluding tert-OH is 1. The Balaban J connectivity index is 3.02. The van der Waals surface area contributed by atoms with Crippen LogP contribution in [0, 0.1) is 5.92 Å². The Morgan fingerprint density at radius 1 is 1.21 bits per heavy atom. The molecule has 6 heteroatoms. The molecule has 3 N–H and O–H groups in total. The van der Waals surface area contributed by atoms with Crippen molar-refractivity contribution in [3.05, 3.63) is 35.9 Å². The molecule has 0 saturated carbocycles. The van der Waals surface area contributed by atoms with E-state index in [9.17, 15) is 14.7 Å². The van der Waals surface area contributed by atoms with Gasteiger partial charge in [0.15, 0.2) is 0 Å². The van der Waals surface area contributed by atoms with Gasteiger partial charge in [0.25, 0.3) is 0 Å². The first kappa shape index (κ1) is 20.1. The van der Waals surface area contributed by atoms with Gasteiger partial charge in [0.1, 0.15) is 11.5 Å². The van der Waals surface area contributed by atoms with Crippen molar-refractivity contribution in [1.29, 1.82) is 0 Å². The van der Waals surface area contributed by atoms with E-state index in [2.05, 4.69) is 0 Å². The summed E-state index contributed by atoms with van der Waals surface area (Å²) in [7, 11) is 0. The number of hydrogen-bond donors (Lipinski definition) is 2. The monoisotopic (exact) mass is 337 g/mol. The molecule has 0 aliphatic carbocycles. The van der Waals surface area contributed by atoms with E-state index in [1.54, 1.807) is 52.0 Å². The van der Waals surface area contributed by atoms with E-state index in [0.717, 1.165) is 0 Å². The molecule has 24 heavy (non-hydrogen) atoms. The molecular weight excluding hydrogens is 310 g/mol. The SMILES string of the molecule is CCOC(=O)CC(O)C(C(=O)OC(C)(C)C)C(N)c1ccccc1. The van der Waals surface area contributed by atoms with E-state index >= 15 is 0 Å². The Morgan fingerprint density at radius 3 is 2.29 bits per heavy atom. The molecule has 1 rings (SSSR count). The zero-order valence-electron chi connectivity index (χ0n) is 14.7. The van der Waals surface area contributed by atoms with Gasteiger partial charge < -0.3 is 20.3 Å². The fourth-order valence-electron chi connectivity index (χ4n) is 2.31. The fraction of sp³-hybridized carbons (Fsp3) is 0.556. The molecule has 0 fully saturated rings. The first-order chi connectivity index (χ1) is 11.2. The molecule has 0 spiro atoms. The van der Waals surface area contributed by atoms with Crippen LogP contribution in [0.15, 0.2) is 30.3 Å². The Kier molecular flexibility index (Phi) is 7.38. The first-order valence-electron chi connectivity index (χ1n) is 8.02. The molecule has 1 aromatic carbocycles. The van der Waals surface area contributed by atoms with Gasteiger partial charge in [-0.1, -0.05) is 30.3 Å². The lowest BCUT2D eigenvalue weighted by Crippen LogP contribution is -2.42. The van der Waals surface area contributed by atoms with Crippen LogP contribution in [0.4, 0.5) is 0 Å². The van der Waals surface area contributed by atoms with Crippen molar-refractivity contribution in [1.82, 2.24) is 0 Å². The Morgan fingerprint density at radius 2 is 1.79 bits per heavy atom. The van der Waals surface area contributed by atoms with E-state index in [-0.39, 0.29) is 13.0 Å². The van der Waals surface area contributed by atoms with Gasteiger partial charge in [-0.3, -0.25) is 9.59 Å². The molecule has 0 amide bonds. The maximum absolute atomic E-state index is 12.5. The Bertz CT molecular complexity index is 538. The Hall–Kier alpha value is -1.92. The third-order valence-corrected chi connectivity index (χ3v) is 3.35. The van der Waals surface area contributed by atoms with Crippen LogP contribution >= 0.6 is 0 Å². The van der Waals surface area contributed by atoms with Gasteiger partial charge in [-0.2, -0.15) is 0 Å². The van der Waals surface area contributed by atoms with Crippen molar-refractivity contribution in [2.45, 2.75) is 51.9 Å². The summed E-state index contributed by atoms with van der Waals surface area (Å²) in [6.07, 6.45) is -1.62. The molecule has 0 aliphatic rings. The summed E-state index contributed by atoms with van der Waals surface area (Å²) in [5.41, 5.74) is 6.15. The quantitative estimate of drug-likeness (QED) is 0.738. The number of ether oxygens (including phenoxy) is 2. The number of carbonyl (C=O) groups is 2. The van der Waals surface area contributed by atoms with Crippen molar-refractivity contribution in [2.75, 3.05) is 6.61 Å². The van der Waals surface area contributed by atoms with E-state index in [1.165, 1.54) is 0 Å². The molecule has 0 heterocycles. The minimum atomic E-state index is -1.30. The fourth-order valence-corrected chi connectivity index (χ4v) is 2.31. The largest absolute Gasteiger partial charge is 0.466 e. The lowest BCUT2D eigenvalue weighted by atomic mass is 9.87. The predicted octanol–water partition coefficient (Wildman–Crippen LogP) is 1.96. The minimum Gasteiger partial charge on any atom is -0.466 e. The number of rotatable bonds is 7. The smallest absolute Gasteiger partial charge is 0.314 e. The van der Waals surface area contributed by atoms with Gasteiger partial charge >= 0.3 is 11.9 Å². The number of esters is 2. The standard InChI is InChI=1S/C18H27NO5/c1-5-23-14(21)11-13(20)15(17(22)24-18(2,3)4)16(19)12-9-7-6-8-10-12/h6-10,13,15-16,20H,5,11,19H2,1-4H3. The molecule has 0 aliphatic heterocycles. The summed E-state index contributed by atoms with van der Waals surface area (Å²) in [5, 5.41) is 10.4. The summed E-state index contributed by atoms with van der Waals surface area (Å²) in [6, 6.07) is 8.13. The molecule has 1 aromatic rings. The maximum atomic E-state index is 12.5. The first-order valence-corrected chi connectivity index (χ1v) is 8.02. The Labute approximate surface area is 142 Å². The number of benzene rings is 1. The van der Waals surface area contributed by atoms with Gasteiger partial charge in [0, 0.05) is 6.04 Å². The van der Waals surface area contributed by atoms with Crippen molar-refractivity contribution < 1.29 is 24.2 Å². The van der Waals surface area contributed by atoms with Crippen molar-refractivity contribution >= 4 is 11.9 Å². The molecule has 0 radical (unpaired) electrons. The molecular formula is C18H27NO5. The molecule has 0 saturated heterocycles. The highest BCUT2D eigenvalue weighted by molar-refractivity contribution is 5.77. The van der Waals surface area contributed by atoms with Crippen molar-refractivity contribution in [2.24, 2.45) is 11.7 Å². The summed E-state index contributed by atoms with van der Waals surface area (Å²) < 4.78 is 10.2. The predicted molar refractivity (Wildman–Crippen MR) is 90.0 cm³/mol. The molecule has 0 aromatic heterocycles. The molecule has 0 bridgehead atoms. The lowest BCUT2D eigenvalue weighted by molar-refractivity contribution is -0.166.